The Morgan fingerprint density at radius 1 is 0.727 bits per heavy atom. The Morgan fingerprint density at radius 2 is 1.47 bits per heavy atom. The number of ether oxygens (including phenoxy) is 1. The van der Waals surface area contributed by atoms with Crippen molar-refractivity contribution in [2.75, 3.05) is 31.3 Å². The van der Waals surface area contributed by atoms with Crippen LogP contribution < -0.4 is 31.9 Å². The number of amides is 6. The van der Waals surface area contributed by atoms with E-state index in [0.717, 1.165) is 34.0 Å². The summed E-state index contributed by atoms with van der Waals surface area (Å²) in [6, 6.07) is 10.1. The zero-order valence-electron chi connectivity index (χ0n) is 40.6. The molecule has 1 aromatic carbocycles. The summed E-state index contributed by atoms with van der Waals surface area (Å²) in [5.41, 5.74) is 2.43. The Hall–Kier alpha value is -7.64. The van der Waals surface area contributed by atoms with Crippen LogP contribution in [0.1, 0.15) is 101 Å². The van der Waals surface area contributed by atoms with Gasteiger partial charge in [-0.15, -0.1) is 56.7 Å². The van der Waals surface area contributed by atoms with Crippen LogP contribution in [0.2, 0.25) is 0 Å². The van der Waals surface area contributed by atoms with Crippen LogP contribution in [-0.2, 0) is 30.5 Å². The summed E-state index contributed by atoms with van der Waals surface area (Å²) in [6.45, 7) is 1.07. The third kappa shape index (κ3) is 12.8. The summed E-state index contributed by atoms with van der Waals surface area (Å²) < 4.78 is 5.32. The fourth-order valence-electron chi connectivity index (χ4n) is 7.58. The highest BCUT2D eigenvalue weighted by atomic mass is 32.1. The van der Waals surface area contributed by atoms with Gasteiger partial charge in [-0.25, -0.2) is 34.9 Å². The second kappa shape index (κ2) is 24.1. The third-order valence-corrected chi connectivity index (χ3v) is 16.9. The molecule has 0 radical (unpaired) electrons. The van der Waals surface area contributed by atoms with Crippen LogP contribution in [0, 0.1) is 6.92 Å². The van der Waals surface area contributed by atoms with Crippen molar-refractivity contribution in [1.29, 1.82) is 0 Å². The van der Waals surface area contributed by atoms with E-state index in [4.69, 9.17) is 29.8 Å². The number of hydrogen-bond acceptors (Lipinski definition) is 22. The topological polar surface area (TPSA) is 332 Å². The number of aryl methyl sites for hydroxylation is 1. The highest BCUT2D eigenvalue weighted by Crippen LogP contribution is 2.40. The molecule has 10 bridgehead atoms. The van der Waals surface area contributed by atoms with Gasteiger partial charge in [-0.1, -0.05) is 41.7 Å². The number of carboxylic acids is 1. The molecular formula is C48H43N13O10S6. The smallest absolute Gasteiger partial charge is 0.303 e. The molecule has 77 heavy (non-hydrogen) atoms. The molecule has 0 saturated heterocycles. The van der Waals surface area contributed by atoms with Crippen molar-refractivity contribution in [3.05, 3.63) is 106 Å². The van der Waals surface area contributed by atoms with Crippen molar-refractivity contribution >= 4 is 120 Å². The number of benzene rings is 1. The number of fused-ring (bicyclic) bond motifs is 14. The van der Waals surface area contributed by atoms with Gasteiger partial charge in [0.05, 0.1) is 36.2 Å². The van der Waals surface area contributed by atoms with Gasteiger partial charge in [0, 0.05) is 59.0 Å². The van der Waals surface area contributed by atoms with Gasteiger partial charge in [0.25, 0.3) is 17.7 Å². The van der Waals surface area contributed by atoms with E-state index in [9.17, 15) is 38.7 Å². The molecule has 0 saturated carbocycles. The van der Waals surface area contributed by atoms with E-state index in [1.807, 2.05) is 0 Å². The molecule has 29 heteroatoms. The van der Waals surface area contributed by atoms with E-state index >= 15 is 0 Å². The first-order valence-electron chi connectivity index (χ1n) is 23.1. The van der Waals surface area contributed by atoms with Crippen molar-refractivity contribution in [3.8, 4) is 43.4 Å². The summed E-state index contributed by atoms with van der Waals surface area (Å²) in [5.74, 6) is -4.28. The van der Waals surface area contributed by atoms with Crippen LogP contribution in [-0.4, -0.2) is 107 Å². The van der Waals surface area contributed by atoms with Crippen LogP contribution in [0.15, 0.2) is 64.0 Å². The standard InChI is InChI=1S/C48H43N13O10S6/c1-21-35-42(70)61-48-60-37(29(77-48)16-71-3)41(69)50-15-33(64)58-38(39(67)22-8-5-4-6-9-22)47-55-28(19-74-47)45-53-26(17-73-45)36-23(12-13-24(51-36)44-57-30(20-75-44)56-31(62)10-7-11-34(65)66)43-54-27(18-72-43)40(68)52-25(14-32(63)49-2)46(59-35)76-21/h4-6,8-9,12-13,17-20,25,38-39,67H,7,10-11,14-16H2,1-3H3,(H,49,63)(H,50,69)(H,52,68)(H,56,62)(H,58,64)(H,65,66)(H,60,61,70)/t25-,38-,39-/m0/s1. The molecule has 0 spiro atoms. The molecule has 8 heterocycles. The SMILES string of the molecule is CNC(=O)C[C@@H]1NC(=O)c2csc(n2)-c2ccc(-c3nc(NC(=O)CCCC(=O)O)cs3)nc2-c2csc(n2)-c2csc(n2)[C@H]([C@@H](O)c2ccccc2)NC(=O)CNC(=O)c2nc(sc2COC)NC(=O)c2nc1sc2C. The van der Waals surface area contributed by atoms with Crippen molar-refractivity contribution in [2.45, 2.75) is 57.4 Å². The maximum atomic E-state index is 14.1. The van der Waals surface area contributed by atoms with E-state index in [0.29, 0.717) is 63.7 Å². The van der Waals surface area contributed by atoms with Gasteiger partial charge in [0.1, 0.15) is 77.2 Å². The third-order valence-electron chi connectivity index (χ3n) is 11.3. The average molecular weight is 1150 g/mol. The van der Waals surface area contributed by atoms with Crippen molar-refractivity contribution in [2.24, 2.45) is 0 Å². The van der Waals surface area contributed by atoms with E-state index in [1.165, 1.54) is 48.2 Å². The van der Waals surface area contributed by atoms with Gasteiger partial charge < -0.3 is 41.5 Å². The van der Waals surface area contributed by atoms with E-state index < -0.39 is 66.1 Å². The fourth-order valence-corrected chi connectivity index (χ4v) is 12.7. The monoisotopic (exact) mass is 1150 g/mol. The zero-order valence-corrected chi connectivity index (χ0v) is 45.5. The number of rotatable bonds is 12. The molecule has 0 fully saturated rings. The maximum absolute atomic E-state index is 14.1. The average Bonchev–Trinajstić information content (AvgIpc) is 4.32. The number of hydrogen-bond donors (Lipinski definition) is 8. The zero-order chi connectivity index (χ0) is 54.3. The van der Waals surface area contributed by atoms with E-state index in [-0.39, 0.29) is 65.3 Å². The first kappa shape index (κ1) is 54.2. The number of carboxylic acid groups (broad SMARTS) is 1. The lowest BCUT2D eigenvalue weighted by Gasteiger charge is -2.23. The number of aliphatic hydroxyl groups excluding tert-OH is 1. The molecule has 6 amide bonds. The molecule has 7 aromatic heterocycles. The lowest BCUT2D eigenvalue weighted by atomic mass is 10.0. The van der Waals surface area contributed by atoms with Gasteiger partial charge in [0.2, 0.25) is 17.7 Å². The minimum atomic E-state index is -1.28. The molecule has 9 rings (SSSR count). The number of nitrogens with one attached hydrogen (secondary N) is 6. The molecule has 0 unspecified atom stereocenters. The number of pyridine rings is 1. The molecule has 23 nitrogen and oxygen atoms in total. The number of nitrogens with zero attached hydrogens (tertiary/aromatic N) is 7. The molecule has 396 valence electrons. The van der Waals surface area contributed by atoms with Crippen LogP contribution in [0.25, 0.3) is 43.4 Å². The number of aliphatic carboxylic acids is 1. The second-order valence-corrected chi connectivity index (χ2v) is 22.5. The Morgan fingerprint density at radius 3 is 2.25 bits per heavy atom. The van der Waals surface area contributed by atoms with Gasteiger partial charge in [-0.3, -0.25) is 38.9 Å². The molecule has 1 aliphatic rings. The van der Waals surface area contributed by atoms with Gasteiger partial charge in [-0.2, -0.15) is 0 Å². The molecule has 8 aromatic rings. The minimum absolute atomic E-state index is 0.00813. The Kier molecular flexibility index (Phi) is 17.0. The second-order valence-electron chi connectivity index (χ2n) is 16.7. The summed E-state index contributed by atoms with van der Waals surface area (Å²) in [6.07, 6.45) is -1.52. The number of thiazole rings is 6. The summed E-state index contributed by atoms with van der Waals surface area (Å²) >= 11 is 6.87. The van der Waals surface area contributed by atoms with Crippen LogP contribution in [0.4, 0.5) is 10.9 Å². The number of methoxy groups -OCH3 is 1. The fraction of sp³-hybridized carbons (Fsp3) is 0.250. The van der Waals surface area contributed by atoms with Gasteiger partial charge >= 0.3 is 5.97 Å². The Bertz CT molecular complexity index is 3530. The number of carbonyl (C=O) groups excluding carboxylic acids is 6. The van der Waals surface area contributed by atoms with Gasteiger partial charge in [-0.05, 0) is 31.0 Å². The number of carbonyl (C=O) groups is 7. The van der Waals surface area contributed by atoms with Crippen molar-refractivity contribution in [1.82, 2.24) is 56.2 Å². The predicted molar refractivity (Wildman–Crippen MR) is 290 cm³/mol. The Labute approximate surface area is 460 Å². The van der Waals surface area contributed by atoms with E-state index in [2.05, 4.69) is 46.9 Å². The van der Waals surface area contributed by atoms with E-state index in [1.54, 1.807) is 70.9 Å². The first-order chi connectivity index (χ1) is 37.1. The summed E-state index contributed by atoms with van der Waals surface area (Å²) in [5, 5.41) is 45.6. The highest BCUT2D eigenvalue weighted by molar-refractivity contribution is 7.16. The lowest BCUT2D eigenvalue weighted by Crippen LogP contribution is -2.40. The first-order valence-corrected chi connectivity index (χ1v) is 28.2. The predicted octanol–water partition coefficient (Wildman–Crippen LogP) is 6.63. The highest BCUT2D eigenvalue weighted by Gasteiger charge is 2.31. The number of aromatic nitrogens is 7. The largest absolute Gasteiger partial charge is 0.481 e. The molecule has 3 atom stereocenters. The van der Waals surface area contributed by atoms with Crippen molar-refractivity contribution < 1.29 is 48.5 Å². The van der Waals surface area contributed by atoms with Crippen molar-refractivity contribution in [3.63, 3.8) is 0 Å². The minimum Gasteiger partial charge on any atom is -0.481 e. The Balaban J connectivity index is 1.11. The molecular weight excluding hydrogens is 1110 g/mol. The van der Waals surface area contributed by atoms with Crippen LogP contribution >= 0.6 is 68.0 Å². The molecule has 0 aliphatic carbocycles. The molecule has 8 N–H and O–H groups in total. The number of anilines is 2. The lowest BCUT2D eigenvalue weighted by molar-refractivity contribution is -0.137. The molecule has 1 aliphatic heterocycles. The normalized spacial score (nSPS) is 15.4. The van der Waals surface area contributed by atoms with Crippen LogP contribution in [0.3, 0.4) is 0 Å². The van der Waals surface area contributed by atoms with Crippen LogP contribution in [0.5, 0.6) is 0 Å². The maximum Gasteiger partial charge on any atom is 0.303 e. The number of aliphatic hydroxyl groups is 1. The quantitative estimate of drug-likeness (QED) is 0.0636. The summed E-state index contributed by atoms with van der Waals surface area (Å²) in [4.78, 5) is 126. The summed E-state index contributed by atoms with van der Waals surface area (Å²) in [7, 11) is 2.88. The van der Waals surface area contributed by atoms with Gasteiger partial charge in [0.15, 0.2) is 5.13 Å².